The fourth-order valence-corrected chi connectivity index (χ4v) is 6.48. The molecule has 6 aromatic rings. The van der Waals surface area contributed by atoms with E-state index in [0.29, 0.717) is 53.9 Å². The molecule has 0 fully saturated rings. The molecule has 6 aromatic carbocycles. The highest BCUT2D eigenvalue weighted by Gasteiger charge is 2.30. The number of Topliss-reactive ketones (excluding diaryl/α,β-unsaturated/α-hetero) is 1. The quantitative estimate of drug-likeness (QED) is 0.0465. The average Bonchev–Trinajstić information content (AvgIpc) is 3.33. The van der Waals surface area contributed by atoms with E-state index in [2.05, 4.69) is 10.6 Å². The fourth-order valence-electron chi connectivity index (χ4n) is 6.48. The van der Waals surface area contributed by atoms with Crippen LogP contribution in [0.15, 0.2) is 127 Å². The Balaban J connectivity index is 0.000000279. The Morgan fingerprint density at radius 1 is 0.447 bits per heavy atom. The molecule has 5 atom stereocenters. The zero-order valence-electron chi connectivity index (χ0n) is 39.0. The molecule has 0 saturated heterocycles. The number of hydrogen-bond acceptors (Lipinski definition) is 10. The van der Waals surface area contributed by atoms with Gasteiger partial charge in [-0.05, 0) is 29.5 Å². The number of aliphatic hydroxyl groups excluding tert-OH is 2. The largest absolute Gasteiger partial charge is 0.477 e. The molecule has 402 valence electrons. The van der Waals surface area contributed by atoms with E-state index in [1.807, 2.05) is 30.3 Å². The maximum absolute atomic E-state index is 13.7. The van der Waals surface area contributed by atoms with Crippen LogP contribution in [0.1, 0.15) is 47.8 Å². The second kappa shape index (κ2) is 29.1. The summed E-state index contributed by atoms with van der Waals surface area (Å²) >= 11 is 0. The van der Waals surface area contributed by atoms with Crippen molar-refractivity contribution in [3.63, 3.8) is 0 Å². The number of carboxylic acids is 1. The molecule has 0 bridgehead atoms. The first kappa shape index (κ1) is 61.4. The van der Waals surface area contributed by atoms with E-state index in [9.17, 15) is 83.3 Å². The lowest BCUT2D eigenvalue weighted by molar-refractivity contribution is -0.137. The smallest absolute Gasteiger partial charge is 0.341 e. The van der Waals surface area contributed by atoms with Gasteiger partial charge in [0, 0.05) is 48.9 Å². The lowest BCUT2D eigenvalue weighted by atomic mass is 10.00. The minimum atomic E-state index is -1.78. The molecule has 0 heterocycles. The number of carboxylic acid groups (broad SMARTS) is 1. The number of carbonyl (C=O) groups excluding carboxylic acids is 6. The molecule has 0 radical (unpaired) electrons. The van der Waals surface area contributed by atoms with Crippen LogP contribution in [0.5, 0.6) is 0 Å². The van der Waals surface area contributed by atoms with Gasteiger partial charge in [-0.2, -0.15) is 0 Å². The number of halogens is 9. The van der Waals surface area contributed by atoms with Crippen LogP contribution >= 0.6 is 0 Å². The van der Waals surface area contributed by atoms with Gasteiger partial charge in [0.05, 0.1) is 6.04 Å². The number of ketones is 1. The summed E-state index contributed by atoms with van der Waals surface area (Å²) in [6.07, 6.45) is -2.75. The number of rotatable bonds is 17. The minimum absolute atomic E-state index is 0.0128. The maximum atomic E-state index is 13.7. The van der Waals surface area contributed by atoms with E-state index in [4.69, 9.17) is 28.0 Å². The zero-order chi connectivity index (χ0) is 57.0. The molecule has 0 aliphatic carbocycles. The number of nitrogens with two attached hydrogens (primary N) is 4. The average molecular weight is 1070 g/mol. The molecular formula is C51H45F9N6O10. The molecule has 0 aliphatic heterocycles. The van der Waals surface area contributed by atoms with Crippen LogP contribution in [-0.2, 0) is 38.4 Å². The van der Waals surface area contributed by atoms with Gasteiger partial charge < -0.3 is 48.9 Å². The van der Waals surface area contributed by atoms with Crippen LogP contribution in [0.3, 0.4) is 0 Å². The number of aliphatic hydroxyl groups is 2. The van der Waals surface area contributed by atoms with Gasteiger partial charge in [0.1, 0.15) is 81.2 Å². The van der Waals surface area contributed by atoms with Crippen LogP contribution in [0.2, 0.25) is 0 Å². The Labute approximate surface area is 425 Å². The summed E-state index contributed by atoms with van der Waals surface area (Å²) in [5.74, 6) is -20.6. The van der Waals surface area contributed by atoms with E-state index < -0.39 is 141 Å². The van der Waals surface area contributed by atoms with Gasteiger partial charge >= 0.3 is 5.97 Å². The van der Waals surface area contributed by atoms with Crippen molar-refractivity contribution in [1.29, 1.82) is 0 Å². The van der Waals surface area contributed by atoms with Crippen molar-refractivity contribution in [1.82, 2.24) is 10.6 Å². The Kier molecular flexibility index (Phi) is 23.5. The summed E-state index contributed by atoms with van der Waals surface area (Å²) in [5.41, 5.74) is 19.5. The molecule has 0 spiro atoms. The van der Waals surface area contributed by atoms with E-state index in [-0.39, 0.29) is 12.8 Å². The summed E-state index contributed by atoms with van der Waals surface area (Å²) in [7, 11) is 0. The Hall–Kier alpha value is -8.94. The first-order chi connectivity index (χ1) is 35.7. The molecule has 6 rings (SSSR count). The van der Waals surface area contributed by atoms with Crippen molar-refractivity contribution in [2.75, 3.05) is 0 Å². The second-order valence-electron chi connectivity index (χ2n) is 15.8. The lowest BCUT2D eigenvalue weighted by Gasteiger charge is -2.22. The highest BCUT2D eigenvalue weighted by atomic mass is 19.2. The number of nitrogens with one attached hydrogen (secondary N) is 2. The van der Waals surface area contributed by atoms with Gasteiger partial charge in [-0.15, -0.1) is 0 Å². The van der Waals surface area contributed by atoms with Gasteiger partial charge in [0.25, 0.3) is 17.7 Å². The predicted molar refractivity (Wildman–Crippen MR) is 251 cm³/mol. The molecule has 0 aliphatic rings. The number of amides is 5. The molecule has 0 aromatic heterocycles. The van der Waals surface area contributed by atoms with Crippen LogP contribution in [0.25, 0.3) is 0 Å². The Bertz CT molecular complexity index is 2950. The molecule has 25 heteroatoms. The lowest BCUT2D eigenvalue weighted by Crippen LogP contribution is -2.50. The number of hydrogen-bond donors (Lipinski definition) is 9. The predicted octanol–water partition coefficient (Wildman–Crippen LogP) is 4.00. The van der Waals surface area contributed by atoms with Crippen LogP contribution in [0.4, 0.5) is 39.5 Å². The number of benzene rings is 6. The number of carbonyl (C=O) groups is 7. The van der Waals surface area contributed by atoms with E-state index >= 15 is 0 Å². The van der Waals surface area contributed by atoms with Gasteiger partial charge in [-0.25, -0.2) is 44.3 Å². The summed E-state index contributed by atoms with van der Waals surface area (Å²) in [5, 5.41) is 31.6. The first-order valence-corrected chi connectivity index (χ1v) is 21.7. The van der Waals surface area contributed by atoms with Crippen LogP contribution < -0.4 is 33.6 Å². The molecular weight excluding hydrogens is 1030 g/mol. The third kappa shape index (κ3) is 18.8. The SMILES string of the molecule is NC(=O)C(=O)[C@H](Cc1ccccc1)NC(=O)c1c(F)cc(F)cc1F.NC(=O)C(O)[C@@H](N)Cc1ccccc1.NC(=O)C(O)[C@H](Cc1ccccc1)NC(=O)c1c(F)cc(F)cc1F.O=C(O)c1c(F)cc(F)cc1F. The summed E-state index contributed by atoms with van der Waals surface area (Å²) in [4.78, 5) is 79.3. The summed E-state index contributed by atoms with van der Waals surface area (Å²) in [6, 6.07) is 24.9. The van der Waals surface area contributed by atoms with Crippen LogP contribution in [-0.4, -0.2) is 86.9 Å². The zero-order valence-corrected chi connectivity index (χ0v) is 39.0. The molecule has 5 amide bonds. The Morgan fingerprint density at radius 2 is 0.763 bits per heavy atom. The van der Waals surface area contributed by atoms with Crippen molar-refractivity contribution in [2.45, 2.75) is 49.6 Å². The van der Waals surface area contributed by atoms with Gasteiger partial charge in [-0.1, -0.05) is 91.0 Å². The fraction of sp³-hybridized carbons (Fsp3) is 0.157. The van der Waals surface area contributed by atoms with E-state index in [0.717, 1.165) is 5.56 Å². The van der Waals surface area contributed by atoms with E-state index in [1.54, 1.807) is 60.7 Å². The van der Waals surface area contributed by atoms with E-state index in [1.165, 1.54) is 0 Å². The normalized spacial score (nSPS) is 12.4. The summed E-state index contributed by atoms with van der Waals surface area (Å²) in [6.45, 7) is 0. The number of primary amides is 3. The third-order valence-corrected chi connectivity index (χ3v) is 10.1. The first-order valence-electron chi connectivity index (χ1n) is 21.7. The van der Waals surface area contributed by atoms with Gasteiger partial charge in [0.15, 0.2) is 6.10 Å². The van der Waals surface area contributed by atoms with Gasteiger partial charge in [0.2, 0.25) is 17.6 Å². The van der Waals surface area contributed by atoms with Crippen molar-refractivity contribution < 1.29 is 88.4 Å². The van der Waals surface area contributed by atoms with Crippen molar-refractivity contribution in [2.24, 2.45) is 22.9 Å². The van der Waals surface area contributed by atoms with Crippen molar-refractivity contribution in [3.8, 4) is 0 Å². The topological polar surface area (TPSA) is 308 Å². The Morgan fingerprint density at radius 3 is 1.09 bits per heavy atom. The molecule has 2 unspecified atom stereocenters. The highest BCUT2D eigenvalue weighted by molar-refractivity contribution is 6.38. The van der Waals surface area contributed by atoms with Crippen LogP contribution in [0, 0.1) is 52.4 Å². The maximum Gasteiger partial charge on any atom is 0.341 e. The second-order valence-corrected chi connectivity index (χ2v) is 15.8. The standard InChI is InChI=1S/C17H15F3N2O3.C17H13F3N2O3.C10H14N2O2.C7H3F3O2/c2*18-10-7-11(19)14(12(20)8-10)17(25)22-13(15(23)16(21)24)6-9-4-2-1-3-5-9;11-8(9(13)10(12)14)6-7-4-2-1-3-5-7;8-3-1-4(9)6(7(11)12)5(10)2-3/h1-5,7-8,13,15,23H,6H2,(H2,21,24)(H,22,25);1-5,7-8,13H,6H2,(H2,21,24)(H,22,25);1-5,8-9,13H,6,11H2,(H2,12,14);1-2H,(H,11,12)/t13-,15?;13-;8-,9?;/m000./s1. The van der Waals surface area contributed by atoms with Crippen molar-refractivity contribution >= 4 is 41.3 Å². The highest BCUT2D eigenvalue weighted by Crippen LogP contribution is 2.18. The summed E-state index contributed by atoms with van der Waals surface area (Å²) < 4.78 is 118. The third-order valence-electron chi connectivity index (χ3n) is 10.1. The molecule has 76 heavy (non-hydrogen) atoms. The molecule has 16 nitrogen and oxygen atoms in total. The number of aromatic carboxylic acids is 1. The van der Waals surface area contributed by atoms with Gasteiger partial charge in [-0.3, -0.25) is 28.8 Å². The molecule has 0 saturated carbocycles. The van der Waals surface area contributed by atoms with Crippen molar-refractivity contribution in [3.05, 3.63) is 213 Å². The minimum Gasteiger partial charge on any atom is -0.477 e. The molecule has 13 N–H and O–H groups in total. The monoisotopic (exact) mass is 1070 g/mol.